The number of aromatic nitrogens is 1. The highest BCUT2D eigenvalue weighted by Crippen LogP contribution is 2.41. The minimum atomic E-state index is -4.31. The molecule has 3 rings (SSSR count). The lowest BCUT2D eigenvalue weighted by molar-refractivity contribution is -0.143. The Morgan fingerprint density at radius 3 is 2.11 bits per heavy atom. The van der Waals surface area contributed by atoms with Crippen molar-refractivity contribution in [2.24, 2.45) is 0 Å². The maximum Gasteiger partial charge on any atom is 0.303 e. The smallest absolute Gasteiger partial charge is 0.303 e. The van der Waals surface area contributed by atoms with E-state index in [2.05, 4.69) is 5.32 Å². The van der Waals surface area contributed by atoms with Crippen molar-refractivity contribution < 1.29 is 46.1 Å². The van der Waals surface area contributed by atoms with Gasteiger partial charge in [-0.3, -0.25) is 9.59 Å². The Morgan fingerprint density at radius 2 is 1.62 bits per heavy atom. The molecule has 0 amide bonds. The molecule has 0 aliphatic carbocycles. The molecule has 2 aromatic carbocycles. The van der Waals surface area contributed by atoms with Crippen LogP contribution in [0.1, 0.15) is 31.4 Å². The van der Waals surface area contributed by atoms with Crippen LogP contribution in [0.5, 0.6) is 5.75 Å². The van der Waals surface area contributed by atoms with Gasteiger partial charge >= 0.3 is 11.9 Å². The van der Waals surface area contributed by atoms with Crippen LogP contribution < -0.4 is 10.1 Å². The zero-order valence-electron chi connectivity index (χ0n) is 20.0. The normalized spacial score (nSPS) is 11.8. The Kier molecular flexibility index (Phi) is 9.86. The third-order valence-electron chi connectivity index (χ3n) is 5.15. The molecule has 200 valence electrons. The first-order chi connectivity index (χ1) is 17.3. The first kappa shape index (κ1) is 29.4. The van der Waals surface area contributed by atoms with Gasteiger partial charge in [0.1, 0.15) is 23.1 Å². The SMILES string of the molecule is CNC(C)c1cn(S(=O)(=O)c2cccc(F)c2)c(-c2ccc(F)cc2F)c1OC.O=C(O)CCC(=O)O. The van der Waals surface area contributed by atoms with Gasteiger partial charge in [0.05, 0.1) is 24.8 Å². The Balaban J connectivity index is 0.000000521. The summed E-state index contributed by atoms with van der Waals surface area (Å²) in [5.41, 5.74) is 0.151. The molecule has 0 spiro atoms. The number of carboxylic acids is 2. The highest BCUT2D eigenvalue weighted by Gasteiger charge is 2.30. The van der Waals surface area contributed by atoms with Crippen LogP contribution in [-0.2, 0) is 19.6 Å². The topological polar surface area (TPSA) is 135 Å². The molecule has 0 fully saturated rings. The Bertz CT molecular complexity index is 1380. The number of carboxylic acid groups (broad SMARTS) is 2. The average molecular weight is 543 g/mol. The largest absolute Gasteiger partial charge is 0.494 e. The van der Waals surface area contributed by atoms with Gasteiger partial charge in [0, 0.05) is 29.4 Å². The molecule has 0 bridgehead atoms. The molecule has 37 heavy (non-hydrogen) atoms. The van der Waals surface area contributed by atoms with Crippen molar-refractivity contribution in [3.8, 4) is 17.0 Å². The van der Waals surface area contributed by atoms with Gasteiger partial charge in [0.15, 0.2) is 5.75 Å². The predicted molar refractivity (Wildman–Crippen MR) is 127 cm³/mol. The van der Waals surface area contributed by atoms with E-state index >= 15 is 0 Å². The molecule has 0 aliphatic heterocycles. The van der Waals surface area contributed by atoms with Crippen LogP contribution in [0.4, 0.5) is 13.2 Å². The van der Waals surface area contributed by atoms with Gasteiger partial charge in [0.2, 0.25) is 0 Å². The summed E-state index contributed by atoms with van der Waals surface area (Å²) in [6.07, 6.45) is 0.697. The van der Waals surface area contributed by atoms with Crippen molar-refractivity contribution in [1.29, 1.82) is 0 Å². The van der Waals surface area contributed by atoms with Crippen LogP contribution >= 0.6 is 0 Å². The van der Waals surface area contributed by atoms with E-state index in [1.54, 1.807) is 14.0 Å². The lowest BCUT2D eigenvalue weighted by Crippen LogP contribution is -2.15. The molecule has 9 nitrogen and oxygen atoms in total. The highest BCUT2D eigenvalue weighted by molar-refractivity contribution is 7.90. The maximum absolute atomic E-state index is 14.6. The maximum atomic E-state index is 14.6. The number of hydrogen-bond acceptors (Lipinski definition) is 6. The molecule has 1 heterocycles. The fourth-order valence-electron chi connectivity index (χ4n) is 3.23. The molecular weight excluding hydrogens is 517 g/mol. The number of rotatable bonds is 9. The van der Waals surface area contributed by atoms with Crippen LogP contribution in [0.25, 0.3) is 11.3 Å². The van der Waals surface area contributed by atoms with E-state index in [9.17, 15) is 31.2 Å². The molecule has 1 aromatic heterocycles. The molecule has 1 unspecified atom stereocenters. The van der Waals surface area contributed by atoms with E-state index in [1.807, 2.05) is 0 Å². The van der Waals surface area contributed by atoms with E-state index in [0.717, 1.165) is 28.2 Å². The Labute approximate surface area is 211 Å². The van der Waals surface area contributed by atoms with Crippen molar-refractivity contribution in [2.75, 3.05) is 14.2 Å². The first-order valence-corrected chi connectivity index (χ1v) is 12.1. The Hall–Kier alpha value is -3.84. The predicted octanol–water partition coefficient (Wildman–Crippen LogP) is 4.03. The second-order valence-corrected chi connectivity index (χ2v) is 9.46. The molecule has 0 saturated carbocycles. The second-order valence-electron chi connectivity index (χ2n) is 7.65. The number of benzene rings is 2. The Morgan fingerprint density at radius 1 is 1.03 bits per heavy atom. The van der Waals surface area contributed by atoms with Crippen molar-refractivity contribution in [3.63, 3.8) is 0 Å². The lowest BCUT2D eigenvalue weighted by atomic mass is 10.1. The number of nitrogens with one attached hydrogen (secondary N) is 1. The number of carbonyl (C=O) groups is 2. The van der Waals surface area contributed by atoms with Crippen molar-refractivity contribution in [2.45, 2.75) is 30.7 Å². The van der Waals surface area contributed by atoms with Gasteiger partial charge in [-0.25, -0.2) is 25.6 Å². The van der Waals surface area contributed by atoms with Crippen molar-refractivity contribution >= 4 is 22.0 Å². The fraction of sp³-hybridized carbons (Fsp3) is 0.250. The standard InChI is InChI=1S/C20H19F3N2O3S.C4H6O4/c1-12(24-2)17-11-25(29(26,27)15-6-4-5-13(21)9-15)19(20(17)28-3)16-8-7-14(22)10-18(16)23;5-3(6)1-2-4(7)8/h4-12,24H,1-3H3;1-2H2,(H,5,6)(H,7,8). The quantitative estimate of drug-likeness (QED) is 0.369. The van der Waals surface area contributed by atoms with Gasteiger partial charge in [-0.2, -0.15) is 0 Å². The number of aliphatic carboxylic acids is 2. The first-order valence-electron chi connectivity index (χ1n) is 10.7. The molecule has 0 radical (unpaired) electrons. The van der Waals surface area contributed by atoms with Crippen LogP contribution in [0.3, 0.4) is 0 Å². The molecule has 0 aliphatic rings. The molecule has 13 heteroatoms. The molecule has 3 N–H and O–H groups in total. The van der Waals surface area contributed by atoms with Gasteiger partial charge in [0.25, 0.3) is 10.0 Å². The molecular formula is C24H25F3N2O7S. The summed E-state index contributed by atoms with van der Waals surface area (Å²) in [6, 6.07) is 6.94. The lowest BCUT2D eigenvalue weighted by Gasteiger charge is -2.13. The average Bonchev–Trinajstić information content (AvgIpc) is 3.23. The van der Waals surface area contributed by atoms with Gasteiger partial charge in [-0.15, -0.1) is 0 Å². The fourth-order valence-corrected chi connectivity index (χ4v) is 4.64. The van der Waals surface area contributed by atoms with Crippen LogP contribution in [0.2, 0.25) is 0 Å². The number of ether oxygens (including phenoxy) is 1. The zero-order valence-corrected chi connectivity index (χ0v) is 20.9. The summed E-state index contributed by atoms with van der Waals surface area (Å²) >= 11 is 0. The summed E-state index contributed by atoms with van der Waals surface area (Å²) in [5, 5.41) is 18.8. The third-order valence-corrected chi connectivity index (χ3v) is 6.81. The summed E-state index contributed by atoms with van der Waals surface area (Å²) in [5.74, 6) is -4.54. The van der Waals surface area contributed by atoms with Crippen LogP contribution in [-0.4, -0.2) is 48.7 Å². The number of hydrogen-bond donors (Lipinski definition) is 3. The number of methoxy groups -OCH3 is 1. The molecule has 1 atom stereocenters. The molecule has 3 aromatic rings. The summed E-state index contributed by atoms with van der Waals surface area (Å²) in [4.78, 5) is 19.0. The minimum Gasteiger partial charge on any atom is -0.494 e. The third kappa shape index (κ3) is 7.11. The van der Waals surface area contributed by atoms with Crippen LogP contribution in [0, 0.1) is 17.5 Å². The van der Waals surface area contributed by atoms with E-state index < -0.39 is 39.4 Å². The van der Waals surface area contributed by atoms with Gasteiger partial charge in [-0.1, -0.05) is 6.07 Å². The van der Waals surface area contributed by atoms with E-state index in [-0.39, 0.29) is 40.8 Å². The van der Waals surface area contributed by atoms with E-state index in [0.29, 0.717) is 11.6 Å². The van der Waals surface area contributed by atoms with Gasteiger partial charge < -0.3 is 20.3 Å². The van der Waals surface area contributed by atoms with Gasteiger partial charge in [-0.05, 0) is 44.3 Å². The minimum absolute atomic E-state index is 0.109. The molecule has 0 saturated heterocycles. The van der Waals surface area contributed by atoms with Crippen molar-refractivity contribution in [3.05, 3.63) is 71.7 Å². The summed E-state index contributed by atoms with van der Waals surface area (Å²) < 4.78 is 74.5. The summed E-state index contributed by atoms with van der Waals surface area (Å²) in [6.45, 7) is 1.77. The summed E-state index contributed by atoms with van der Waals surface area (Å²) in [7, 11) is -1.32. The van der Waals surface area contributed by atoms with Crippen molar-refractivity contribution in [1.82, 2.24) is 9.29 Å². The highest BCUT2D eigenvalue weighted by atomic mass is 32.2. The monoisotopic (exact) mass is 542 g/mol. The van der Waals surface area contributed by atoms with Crippen LogP contribution in [0.15, 0.2) is 53.6 Å². The van der Waals surface area contributed by atoms with E-state index in [1.165, 1.54) is 25.4 Å². The van der Waals surface area contributed by atoms with E-state index in [4.69, 9.17) is 14.9 Å². The number of nitrogens with zero attached hydrogens (tertiary/aromatic N) is 1. The zero-order chi connectivity index (χ0) is 27.9. The second kappa shape index (κ2) is 12.4. The number of halogens is 3.